The van der Waals surface area contributed by atoms with Gasteiger partial charge in [0.2, 0.25) is 0 Å². The fourth-order valence-electron chi connectivity index (χ4n) is 1.60. The molecule has 0 aliphatic heterocycles. The van der Waals surface area contributed by atoms with Gasteiger partial charge in [-0.05, 0) is 46.8 Å². The Labute approximate surface area is 104 Å². The lowest BCUT2D eigenvalue weighted by Gasteiger charge is -2.22. The van der Waals surface area contributed by atoms with Gasteiger partial charge in [0.1, 0.15) is 0 Å². The van der Waals surface area contributed by atoms with Crippen molar-refractivity contribution in [3.63, 3.8) is 0 Å². The Hall–Kier alpha value is -1.51. The second-order valence-electron chi connectivity index (χ2n) is 5.28. The molecule has 94 valence electrons. The zero-order valence-electron chi connectivity index (χ0n) is 11.3. The van der Waals surface area contributed by atoms with E-state index < -0.39 is 0 Å². The van der Waals surface area contributed by atoms with E-state index in [2.05, 4.69) is 10.6 Å². The standard InChI is InChI=1S/C14H22N2O/c1-6-15-12-8-7-10(2)9-11(12)13(17)16-14(3,4)5/h7-9,15H,6H2,1-5H3,(H,16,17). The quantitative estimate of drug-likeness (QED) is 0.844. The molecule has 0 aliphatic rings. The van der Waals surface area contributed by atoms with Crippen LogP contribution in [-0.4, -0.2) is 18.0 Å². The Morgan fingerprint density at radius 1 is 1.29 bits per heavy atom. The first-order valence-electron chi connectivity index (χ1n) is 6.00. The number of aryl methyl sites for hydroxylation is 1. The minimum atomic E-state index is -0.218. The van der Waals surface area contributed by atoms with Crippen molar-refractivity contribution in [3.05, 3.63) is 29.3 Å². The van der Waals surface area contributed by atoms with Gasteiger partial charge in [-0.25, -0.2) is 0 Å². The van der Waals surface area contributed by atoms with Gasteiger partial charge in [-0.15, -0.1) is 0 Å². The maximum atomic E-state index is 12.2. The second kappa shape index (κ2) is 5.21. The molecule has 0 radical (unpaired) electrons. The molecular weight excluding hydrogens is 212 g/mol. The topological polar surface area (TPSA) is 41.1 Å². The molecule has 0 atom stereocenters. The lowest BCUT2D eigenvalue weighted by Crippen LogP contribution is -2.40. The number of nitrogens with one attached hydrogen (secondary N) is 2. The fourth-order valence-corrected chi connectivity index (χ4v) is 1.60. The molecule has 0 saturated heterocycles. The van der Waals surface area contributed by atoms with E-state index in [1.54, 1.807) is 0 Å². The molecule has 1 aromatic carbocycles. The van der Waals surface area contributed by atoms with Gasteiger partial charge in [0.15, 0.2) is 0 Å². The summed E-state index contributed by atoms with van der Waals surface area (Å²) < 4.78 is 0. The van der Waals surface area contributed by atoms with Gasteiger partial charge in [0.05, 0.1) is 5.56 Å². The van der Waals surface area contributed by atoms with E-state index in [1.165, 1.54) is 0 Å². The van der Waals surface area contributed by atoms with Crippen molar-refractivity contribution in [2.45, 2.75) is 40.2 Å². The predicted molar refractivity (Wildman–Crippen MR) is 72.6 cm³/mol. The highest BCUT2D eigenvalue weighted by atomic mass is 16.1. The lowest BCUT2D eigenvalue weighted by atomic mass is 10.1. The van der Waals surface area contributed by atoms with Crippen LogP contribution in [0.25, 0.3) is 0 Å². The molecule has 0 aromatic heterocycles. The third-order valence-corrected chi connectivity index (χ3v) is 2.28. The minimum Gasteiger partial charge on any atom is -0.385 e. The second-order valence-corrected chi connectivity index (χ2v) is 5.28. The smallest absolute Gasteiger partial charge is 0.253 e. The molecular formula is C14H22N2O. The molecule has 1 rings (SSSR count). The van der Waals surface area contributed by atoms with E-state index in [4.69, 9.17) is 0 Å². The average Bonchev–Trinajstić information content (AvgIpc) is 2.18. The molecule has 0 spiro atoms. The first-order chi connectivity index (χ1) is 7.83. The number of rotatable bonds is 3. The Balaban J connectivity index is 3.02. The van der Waals surface area contributed by atoms with Gasteiger partial charge >= 0.3 is 0 Å². The van der Waals surface area contributed by atoms with Crippen LogP contribution in [-0.2, 0) is 0 Å². The van der Waals surface area contributed by atoms with E-state index in [-0.39, 0.29) is 11.4 Å². The molecule has 3 heteroatoms. The van der Waals surface area contributed by atoms with Gasteiger partial charge in [0, 0.05) is 17.8 Å². The summed E-state index contributed by atoms with van der Waals surface area (Å²) in [7, 11) is 0. The summed E-state index contributed by atoms with van der Waals surface area (Å²) in [5.41, 5.74) is 2.47. The van der Waals surface area contributed by atoms with Crippen LogP contribution in [0, 0.1) is 6.92 Å². The molecule has 0 bridgehead atoms. The van der Waals surface area contributed by atoms with Crippen LogP contribution in [0.5, 0.6) is 0 Å². The zero-order valence-corrected chi connectivity index (χ0v) is 11.3. The molecule has 0 unspecified atom stereocenters. The summed E-state index contributed by atoms with van der Waals surface area (Å²) in [5, 5.41) is 6.19. The molecule has 0 fully saturated rings. The first-order valence-corrected chi connectivity index (χ1v) is 6.00. The molecule has 1 amide bonds. The fraction of sp³-hybridized carbons (Fsp3) is 0.500. The van der Waals surface area contributed by atoms with Crippen molar-refractivity contribution in [2.75, 3.05) is 11.9 Å². The third kappa shape index (κ3) is 4.10. The lowest BCUT2D eigenvalue weighted by molar-refractivity contribution is 0.0920. The van der Waals surface area contributed by atoms with Crippen LogP contribution in [0.15, 0.2) is 18.2 Å². The Kier molecular flexibility index (Phi) is 4.16. The average molecular weight is 234 g/mol. The summed E-state index contributed by atoms with van der Waals surface area (Å²) in [6, 6.07) is 5.88. The largest absolute Gasteiger partial charge is 0.385 e. The SMILES string of the molecule is CCNc1ccc(C)cc1C(=O)NC(C)(C)C. The molecule has 2 N–H and O–H groups in total. The summed E-state index contributed by atoms with van der Waals surface area (Å²) >= 11 is 0. The highest BCUT2D eigenvalue weighted by molar-refractivity contribution is 6.00. The Morgan fingerprint density at radius 2 is 1.94 bits per heavy atom. The third-order valence-electron chi connectivity index (χ3n) is 2.28. The van der Waals surface area contributed by atoms with Crippen LogP contribution < -0.4 is 10.6 Å². The Bertz CT molecular complexity index is 405. The van der Waals surface area contributed by atoms with Crippen molar-refractivity contribution in [1.29, 1.82) is 0 Å². The van der Waals surface area contributed by atoms with Crippen LogP contribution in [0.4, 0.5) is 5.69 Å². The number of amides is 1. The van der Waals surface area contributed by atoms with Gasteiger partial charge in [-0.1, -0.05) is 11.6 Å². The molecule has 1 aromatic rings. The normalized spacial score (nSPS) is 11.1. The number of anilines is 1. The van der Waals surface area contributed by atoms with E-state index in [0.29, 0.717) is 5.56 Å². The van der Waals surface area contributed by atoms with Gasteiger partial charge in [-0.2, -0.15) is 0 Å². The summed E-state index contributed by atoms with van der Waals surface area (Å²) in [6.07, 6.45) is 0. The molecule has 3 nitrogen and oxygen atoms in total. The monoisotopic (exact) mass is 234 g/mol. The highest BCUT2D eigenvalue weighted by Gasteiger charge is 2.17. The van der Waals surface area contributed by atoms with E-state index in [9.17, 15) is 4.79 Å². The number of carbonyl (C=O) groups is 1. The van der Waals surface area contributed by atoms with Crippen molar-refractivity contribution in [3.8, 4) is 0 Å². The number of hydrogen-bond donors (Lipinski definition) is 2. The van der Waals surface area contributed by atoms with Crippen molar-refractivity contribution in [1.82, 2.24) is 5.32 Å². The number of hydrogen-bond acceptors (Lipinski definition) is 2. The molecule has 0 aliphatic carbocycles. The van der Waals surface area contributed by atoms with Crippen LogP contribution >= 0.6 is 0 Å². The Morgan fingerprint density at radius 3 is 2.47 bits per heavy atom. The first kappa shape index (κ1) is 13.6. The van der Waals surface area contributed by atoms with E-state index >= 15 is 0 Å². The molecule has 0 heterocycles. The number of carbonyl (C=O) groups excluding carboxylic acids is 1. The predicted octanol–water partition coefficient (Wildman–Crippen LogP) is 2.96. The number of benzene rings is 1. The maximum absolute atomic E-state index is 12.2. The summed E-state index contributed by atoms with van der Waals surface area (Å²) in [4.78, 5) is 12.2. The van der Waals surface area contributed by atoms with Gasteiger partial charge in [0.25, 0.3) is 5.91 Å². The zero-order chi connectivity index (χ0) is 13.1. The van der Waals surface area contributed by atoms with Crippen LogP contribution in [0.1, 0.15) is 43.6 Å². The molecule has 17 heavy (non-hydrogen) atoms. The van der Waals surface area contributed by atoms with Gasteiger partial charge in [-0.3, -0.25) is 4.79 Å². The summed E-state index contributed by atoms with van der Waals surface area (Å²) in [6.45, 7) is 10.8. The van der Waals surface area contributed by atoms with Crippen LogP contribution in [0.3, 0.4) is 0 Å². The van der Waals surface area contributed by atoms with Crippen LogP contribution in [0.2, 0.25) is 0 Å². The minimum absolute atomic E-state index is 0.0304. The van der Waals surface area contributed by atoms with E-state index in [1.807, 2.05) is 52.8 Å². The van der Waals surface area contributed by atoms with Crippen molar-refractivity contribution in [2.24, 2.45) is 0 Å². The van der Waals surface area contributed by atoms with Gasteiger partial charge < -0.3 is 10.6 Å². The van der Waals surface area contributed by atoms with Crippen molar-refractivity contribution >= 4 is 11.6 Å². The highest BCUT2D eigenvalue weighted by Crippen LogP contribution is 2.18. The maximum Gasteiger partial charge on any atom is 0.253 e. The molecule has 0 saturated carbocycles. The van der Waals surface area contributed by atoms with Crippen molar-refractivity contribution < 1.29 is 4.79 Å². The van der Waals surface area contributed by atoms with E-state index in [0.717, 1.165) is 17.8 Å². The summed E-state index contributed by atoms with van der Waals surface area (Å²) in [5.74, 6) is -0.0304.